The average Bonchev–Trinajstić information content (AvgIpc) is 3.15. The van der Waals surface area contributed by atoms with Crippen LogP contribution < -0.4 is 10.6 Å². The summed E-state index contributed by atoms with van der Waals surface area (Å²) in [6, 6.07) is 10.9. The molecule has 0 saturated heterocycles. The van der Waals surface area contributed by atoms with Crippen LogP contribution in [0.2, 0.25) is 5.02 Å². The number of carbonyl (C=O) groups is 3. The maximum absolute atomic E-state index is 12.4. The zero-order chi connectivity index (χ0) is 20.3. The Hall–Kier alpha value is -3.32. The molecule has 1 atom stereocenters. The van der Waals surface area contributed by atoms with Crippen molar-refractivity contribution in [1.82, 2.24) is 15.6 Å². The molecule has 1 heterocycles. The van der Waals surface area contributed by atoms with Crippen molar-refractivity contribution in [3.63, 3.8) is 0 Å². The largest absolute Gasteiger partial charge is 0.480 e. The molecule has 0 aliphatic carbocycles. The van der Waals surface area contributed by atoms with E-state index >= 15 is 0 Å². The summed E-state index contributed by atoms with van der Waals surface area (Å²) in [5, 5.41) is 15.1. The van der Waals surface area contributed by atoms with Gasteiger partial charge in [0.05, 0.1) is 10.6 Å². The van der Waals surface area contributed by atoms with Crippen molar-refractivity contribution in [1.29, 1.82) is 0 Å². The van der Waals surface area contributed by atoms with Crippen molar-refractivity contribution in [3.8, 4) is 0 Å². The lowest BCUT2D eigenvalue weighted by molar-refractivity contribution is -0.138. The van der Waals surface area contributed by atoms with Crippen LogP contribution in [0.5, 0.6) is 0 Å². The molecule has 0 radical (unpaired) electrons. The number of hydrogen-bond donors (Lipinski definition) is 4. The van der Waals surface area contributed by atoms with Crippen LogP contribution in [0.1, 0.15) is 33.2 Å². The summed E-state index contributed by atoms with van der Waals surface area (Å²) in [6.45, 7) is 1.69. The number of fused-ring (bicyclic) bond motifs is 1. The number of carboxylic acids is 1. The minimum atomic E-state index is -1.15. The highest BCUT2D eigenvalue weighted by Crippen LogP contribution is 2.20. The Morgan fingerprint density at radius 3 is 2.64 bits per heavy atom. The van der Waals surface area contributed by atoms with Crippen LogP contribution in [-0.2, 0) is 11.3 Å². The van der Waals surface area contributed by atoms with Gasteiger partial charge in [0.1, 0.15) is 6.04 Å². The number of carbonyl (C=O) groups excluding carboxylic acids is 2. The summed E-state index contributed by atoms with van der Waals surface area (Å²) >= 11 is 6.12. The minimum absolute atomic E-state index is 0.0653. The average molecular weight is 400 g/mol. The second kappa shape index (κ2) is 8.14. The molecule has 144 valence electrons. The van der Waals surface area contributed by atoms with Crippen molar-refractivity contribution in [2.75, 3.05) is 0 Å². The van der Waals surface area contributed by atoms with Crippen molar-refractivity contribution in [3.05, 3.63) is 70.4 Å². The lowest BCUT2D eigenvalue weighted by atomic mass is 10.1. The van der Waals surface area contributed by atoms with E-state index < -0.39 is 17.9 Å². The van der Waals surface area contributed by atoms with E-state index in [9.17, 15) is 14.4 Å². The van der Waals surface area contributed by atoms with Gasteiger partial charge in [-0.2, -0.15) is 0 Å². The third-order valence-electron chi connectivity index (χ3n) is 4.32. The number of nitrogens with one attached hydrogen (secondary N) is 3. The van der Waals surface area contributed by atoms with Gasteiger partial charge in [0.2, 0.25) is 0 Å². The summed E-state index contributed by atoms with van der Waals surface area (Å²) in [7, 11) is 0. The van der Waals surface area contributed by atoms with Crippen molar-refractivity contribution < 1.29 is 19.5 Å². The number of aromatic nitrogens is 1. The Morgan fingerprint density at radius 2 is 1.93 bits per heavy atom. The number of hydrogen-bond acceptors (Lipinski definition) is 3. The topological polar surface area (TPSA) is 111 Å². The van der Waals surface area contributed by atoms with Gasteiger partial charge >= 0.3 is 5.97 Å². The molecule has 0 aliphatic rings. The third kappa shape index (κ3) is 4.15. The molecular formula is C20H18ClN3O4. The molecule has 0 spiro atoms. The quantitative estimate of drug-likeness (QED) is 0.510. The van der Waals surface area contributed by atoms with Crippen molar-refractivity contribution in [2.45, 2.75) is 19.5 Å². The molecule has 3 aromatic rings. The van der Waals surface area contributed by atoms with Crippen molar-refractivity contribution >= 4 is 40.3 Å². The molecule has 0 unspecified atom stereocenters. The molecule has 2 aromatic carbocycles. The first kappa shape index (κ1) is 19.4. The summed E-state index contributed by atoms with van der Waals surface area (Å²) in [5.74, 6) is -2.11. The van der Waals surface area contributed by atoms with E-state index in [1.54, 1.807) is 0 Å². The van der Waals surface area contributed by atoms with E-state index in [1.807, 2.05) is 30.5 Å². The molecule has 28 heavy (non-hydrogen) atoms. The fourth-order valence-corrected chi connectivity index (χ4v) is 3.03. The summed E-state index contributed by atoms with van der Waals surface area (Å²) < 4.78 is 0. The number of aromatic amines is 1. The van der Waals surface area contributed by atoms with Gasteiger partial charge in [0.15, 0.2) is 0 Å². The molecule has 0 saturated carbocycles. The third-order valence-corrected chi connectivity index (χ3v) is 4.63. The number of benzene rings is 2. The summed E-state index contributed by atoms with van der Waals surface area (Å²) in [5.41, 5.74) is 2.36. The Bertz CT molecular complexity index is 1060. The smallest absolute Gasteiger partial charge is 0.325 e. The second-order valence-electron chi connectivity index (χ2n) is 6.27. The molecule has 0 bridgehead atoms. The maximum atomic E-state index is 12.4. The van der Waals surface area contributed by atoms with Gasteiger partial charge in [-0.15, -0.1) is 0 Å². The molecule has 0 fully saturated rings. The molecular weight excluding hydrogens is 382 g/mol. The zero-order valence-electron chi connectivity index (χ0n) is 15.0. The number of halogens is 1. The van der Waals surface area contributed by atoms with E-state index in [2.05, 4.69) is 15.6 Å². The maximum Gasteiger partial charge on any atom is 0.325 e. The minimum Gasteiger partial charge on any atom is -0.480 e. The van der Waals surface area contributed by atoms with Crippen LogP contribution in [0.4, 0.5) is 0 Å². The number of carboxylic acid groups (broad SMARTS) is 1. The van der Waals surface area contributed by atoms with Gasteiger partial charge in [-0.1, -0.05) is 23.7 Å². The number of amides is 2. The fourth-order valence-electron chi connectivity index (χ4n) is 2.76. The lowest BCUT2D eigenvalue weighted by Crippen LogP contribution is -2.38. The highest BCUT2D eigenvalue weighted by molar-refractivity contribution is 6.34. The van der Waals surface area contributed by atoms with Crippen LogP contribution in [0.3, 0.4) is 0 Å². The fraction of sp³-hybridized carbons (Fsp3) is 0.150. The molecule has 3 rings (SSSR count). The van der Waals surface area contributed by atoms with Crippen LogP contribution >= 0.6 is 11.6 Å². The molecule has 1 aromatic heterocycles. The van der Waals surface area contributed by atoms with Crippen molar-refractivity contribution in [2.24, 2.45) is 0 Å². The first-order valence-electron chi connectivity index (χ1n) is 8.53. The van der Waals surface area contributed by atoms with Gasteiger partial charge in [0.25, 0.3) is 11.8 Å². The Balaban J connectivity index is 1.69. The Morgan fingerprint density at radius 1 is 1.14 bits per heavy atom. The Kier molecular flexibility index (Phi) is 5.65. The SMILES string of the molecule is C[C@H](NC(=O)c1ccc(C(=O)NCc2cccc3[nH]ccc23)cc1Cl)C(=O)O. The summed E-state index contributed by atoms with van der Waals surface area (Å²) in [6.07, 6.45) is 1.84. The normalized spacial score (nSPS) is 11.8. The summed E-state index contributed by atoms with van der Waals surface area (Å²) in [4.78, 5) is 38.5. The first-order valence-corrected chi connectivity index (χ1v) is 8.91. The van der Waals surface area contributed by atoms with Crippen LogP contribution in [0.25, 0.3) is 10.9 Å². The molecule has 7 nitrogen and oxygen atoms in total. The van der Waals surface area contributed by atoms with E-state index in [0.717, 1.165) is 16.5 Å². The second-order valence-corrected chi connectivity index (χ2v) is 6.67. The highest BCUT2D eigenvalue weighted by atomic mass is 35.5. The molecule has 0 aliphatic heterocycles. The monoisotopic (exact) mass is 399 g/mol. The molecule has 2 amide bonds. The van der Waals surface area contributed by atoms with E-state index in [4.69, 9.17) is 16.7 Å². The number of aliphatic carboxylic acids is 1. The van der Waals surface area contributed by atoms with Crippen LogP contribution in [-0.4, -0.2) is 33.9 Å². The first-order chi connectivity index (χ1) is 13.4. The van der Waals surface area contributed by atoms with Gasteiger partial charge in [0, 0.05) is 29.2 Å². The zero-order valence-corrected chi connectivity index (χ0v) is 15.7. The molecule has 4 N–H and O–H groups in total. The predicted octanol–water partition coefficient (Wildman–Crippen LogP) is 2.95. The highest BCUT2D eigenvalue weighted by Gasteiger charge is 2.18. The van der Waals surface area contributed by atoms with Crippen LogP contribution in [0, 0.1) is 0 Å². The van der Waals surface area contributed by atoms with Crippen LogP contribution in [0.15, 0.2) is 48.7 Å². The Labute approximate surface area is 165 Å². The van der Waals surface area contributed by atoms with Gasteiger partial charge in [-0.3, -0.25) is 14.4 Å². The number of rotatable bonds is 6. The van der Waals surface area contributed by atoms with Gasteiger partial charge in [-0.05, 0) is 42.8 Å². The number of H-pyrrole nitrogens is 1. The molecule has 8 heteroatoms. The van der Waals surface area contributed by atoms with Gasteiger partial charge < -0.3 is 20.7 Å². The van der Waals surface area contributed by atoms with E-state index in [1.165, 1.54) is 25.1 Å². The standard InChI is InChI=1S/C20H18ClN3O4/c1-11(20(27)28)24-19(26)15-6-5-12(9-16(15)21)18(25)23-10-13-3-2-4-17-14(13)7-8-22-17/h2-9,11,22H,10H2,1H3,(H,23,25)(H,24,26)(H,27,28)/t11-/m0/s1. The van der Waals surface area contributed by atoms with E-state index in [0.29, 0.717) is 12.1 Å². The lowest BCUT2D eigenvalue weighted by Gasteiger charge is -2.11. The predicted molar refractivity (Wildman–Crippen MR) is 105 cm³/mol. The van der Waals surface area contributed by atoms with E-state index in [-0.39, 0.29) is 16.5 Å². The van der Waals surface area contributed by atoms with Gasteiger partial charge in [-0.25, -0.2) is 0 Å².